The minimum absolute atomic E-state index is 0.242. The molecule has 0 amide bonds. The summed E-state index contributed by atoms with van der Waals surface area (Å²) in [4.78, 5) is 2.52. The fourth-order valence-corrected chi connectivity index (χ4v) is 3.82. The van der Waals surface area contributed by atoms with Gasteiger partial charge in [-0.05, 0) is 68.3 Å². The van der Waals surface area contributed by atoms with E-state index in [1.54, 1.807) is 7.11 Å². The van der Waals surface area contributed by atoms with E-state index >= 15 is 0 Å². The lowest BCUT2D eigenvalue weighted by atomic mass is 10.0. The van der Waals surface area contributed by atoms with Gasteiger partial charge in [0, 0.05) is 17.8 Å². The third-order valence-electron chi connectivity index (χ3n) is 5.16. The molecule has 0 spiro atoms. The lowest BCUT2D eigenvalue weighted by Gasteiger charge is -2.29. The molecule has 0 bridgehead atoms. The van der Waals surface area contributed by atoms with E-state index in [1.165, 1.54) is 24.0 Å². The van der Waals surface area contributed by atoms with Crippen molar-refractivity contribution in [1.29, 1.82) is 0 Å². The lowest BCUT2D eigenvalue weighted by Crippen LogP contribution is -2.38. The second-order valence-electron chi connectivity index (χ2n) is 6.89. The molecule has 2 N–H and O–H groups in total. The van der Waals surface area contributed by atoms with E-state index in [0.717, 1.165) is 37.5 Å². The molecule has 0 saturated carbocycles. The highest BCUT2D eigenvalue weighted by Gasteiger charge is 2.25. The molecule has 5 heteroatoms. The molecule has 1 heterocycles. The molecule has 1 saturated heterocycles. The molecule has 2 aromatic carbocycles. The molecule has 1 aliphatic heterocycles. The van der Waals surface area contributed by atoms with E-state index in [2.05, 4.69) is 58.9 Å². The maximum absolute atomic E-state index is 5.61. The Morgan fingerprint density at radius 1 is 1.11 bits per heavy atom. The number of hydrogen-bond acceptors (Lipinski definition) is 3. The Kier molecular flexibility index (Phi) is 7.07. The van der Waals surface area contributed by atoms with Crippen LogP contribution in [0.5, 0.6) is 5.75 Å². The van der Waals surface area contributed by atoms with E-state index < -0.39 is 0 Å². The van der Waals surface area contributed by atoms with Crippen LogP contribution in [0.1, 0.15) is 36.9 Å². The Hall–Kier alpha value is -2.11. The third-order valence-corrected chi connectivity index (χ3v) is 5.40. The van der Waals surface area contributed by atoms with E-state index in [-0.39, 0.29) is 6.04 Å². The molecule has 27 heavy (non-hydrogen) atoms. The highest BCUT2D eigenvalue weighted by molar-refractivity contribution is 7.80. The van der Waals surface area contributed by atoms with Crippen molar-refractivity contribution < 1.29 is 4.74 Å². The van der Waals surface area contributed by atoms with Crippen LogP contribution in [0.3, 0.4) is 0 Å². The number of hydrogen-bond donors (Lipinski definition) is 2. The summed E-state index contributed by atoms with van der Waals surface area (Å²) < 4.78 is 5.61. The zero-order valence-electron chi connectivity index (χ0n) is 16.2. The highest BCUT2D eigenvalue weighted by Crippen LogP contribution is 2.31. The van der Waals surface area contributed by atoms with Gasteiger partial charge in [0.05, 0.1) is 13.2 Å². The highest BCUT2D eigenvalue weighted by atomic mass is 32.1. The smallest absolute Gasteiger partial charge is 0.170 e. The first-order valence-electron chi connectivity index (χ1n) is 9.72. The molecule has 0 aliphatic carbocycles. The summed E-state index contributed by atoms with van der Waals surface area (Å²) in [6.07, 6.45) is 3.54. The summed E-state index contributed by atoms with van der Waals surface area (Å²) in [5.74, 6) is 0.935. The summed E-state index contributed by atoms with van der Waals surface area (Å²) in [5.41, 5.74) is 3.55. The van der Waals surface area contributed by atoms with Crippen LogP contribution >= 0.6 is 12.2 Å². The average molecular weight is 384 g/mol. The fraction of sp³-hybridized carbons (Fsp3) is 0.409. The maximum Gasteiger partial charge on any atom is 0.170 e. The largest absolute Gasteiger partial charge is 0.496 e. The number of benzene rings is 2. The van der Waals surface area contributed by atoms with Crippen LogP contribution in [0.4, 0.5) is 5.69 Å². The number of para-hydroxylation sites is 1. The van der Waals surface area contributed by atoms with Gasteiger partial charge in [-0.25, -0.2) is 0 Å². The number of aryl methyl sites for hydroxylation is 1. The third kappa shape index (κ3) is 5.21. The first-order valence-corrected chi connectivity index (χ1v) is 10.1. The molecule has 0 radical (unpaired) electrons. The van der Waals surface area contributed by atoms with Gasteiger partial charge in [0.2, 0.25) is 0 Å². The second kappa shape index (κ2) is 9.72. The fourth-order valence-electron chi connectivity index (χ4n) is 3.62. The second-order valence-corrected chi connectivity index (χ2v) is 7.29. The predicted octanol–water partition coefficient (Wildman–Crippen LogP) is 4.38. The van der Waals surface area contributed by atoms with Crippen molar-refractivity contribution in [3.63, 3.8) is 0 Å². The Morgan fingerprint density at radius 3 is 2.48 bits per heavy atom. The van der Waals surface area contributed by atoms with Crippen molar-refractivity contribution in [2.24, 2.45) is 0 Å². The van der Waals surface area contributed by atoms with Crippen LogP contribution in [0.2, 0.25) is 0 Å². The predicted molar refractivity (Wildman–Crippen MR) is 117 cm³/mol. The number of nitrogens with one attached hydrogen (secondary N) is 2. The van der Waals surface area contributed by atoms with Gasteiger partial charge in [0.25, 0.3) is 0 Å². The molecule has 1 atom stereocenters. The number of rotatable bonds is 7. The molecule has 1 fully saturated rings. The zero-order chi connectivity index (χ0) is 19.1. The average Bonchev–Trinajstić information content (AvgIpc) is 3.23. The minimum atomic E-state index is 0.242. The first kappa shape index (κ1) is 19.6. The van der Waals surface area contributed by atoms with Crippen LogP contribution in [0.15, 0.2) is 48.5 Å². The van der Waals surface area contributed by atoms with Crippen LogP contribution in [0.25, 0.3) is 0 Å². The quantitative estimate of drug-likeness (QED) is 0.694. The number of thiocarbonyl (C=S) groups is 1. The van der Waals surface area contributed by atoms with Crippen molar-refractivity contribution in [2.75, 3.05) is 32.1 Å². The number of anilines is 1. The summed E-state index contributed by atoms with van der Waals surface area (Å²) in [7, 11) is 1.74. The van der Waals surface area contributed by atoms with Crippen molar-refractivity contribution in [3.05, 3.63) is 59.7 Å². The Balaban J connectivity index is 1.66. The van der Waals surface area contributed by atoms with Gasteiger partial charge in [-0.3, -0.25) is 4.90 Å². The van der Waals surface area contributed by atoms with Crippen molar-refractivity contribution in [2.45, 2.75) is 32.2 Å². The van der Waals surface area contributed by atoms with Gasteiger partial charge in [-0.2, -0.15) is 0 Å². The van der Waals surface area contributed by atoms with Gasteiger partial charge < -0.3 is 15.4 Å². The van der Waals surface area contributed by atoms with Crippen LogP contribution in [0, 0.1) is 0 Å². The molecule has 2 aromatic rings. The number of likely N-dealkylation sites (tertiary alicyclic amines) is 1. The van der Waals surface area contributed by atoms with Crippen molar-refractivity contribution in [3.8, 4) is 5.75 Å². The van der Waals surface area contributed by atoms with Crippen LogP contribution in [-0.2, 0) is 6.42 Å². The topological polar surface area (TPSA) is 36.5 Å². The summed E-state index contributed by atoms with van der Waals surface area (Å²) in [6.45, 7) is 5.14. The van der Waals surface area contributed by atoms with Crippen molar-refractivity contribution >= 4 is 23.0 Å². The van der Waals surface area contributed by atoms with E-state index in [9.17, 15) is 0 Å². The van der Waals surface area contributed by atoms with E-state index in [4.69, 9.17) is 17.0 Å². The normalized spacial score (nSPS) is 15.3. The Labute approximate surface area is 167 Å². The molecule has 1 unspecified atom stereocenters. The van der Waals surface area contributed by atoms with Crippen LogP contribution < -0.4 is 15.4 Å². The number of ether oxygens (including phenoxy) is 1. The minimum Gasteiger partial charge on any atom is -0.496 e. The summed E-state index contributed by atoms with van der Waals surface area (Å²) in [5, 5.41) is 7.35. The molecule has 1 aliphatic rings. The van der Waals surface area contributed by atoms with Gasteiger partial charge in [-0.15, -0.1) is 0 Å². The van der Waals surface area contributed by atoms with E-state index in [0.29, 0.717) is 5.11 Å². The zero-order valence-corrected chi connectivity index (χ0v) is 17.0. The Bertz CT molecular complexity index is 741. The first-order chi connectivity index (χ1) is 13.2. The molecule has 3 rings (SSSR count). The monoisotopic (exact) mass is 383 g/mol. The van der Waals surface area contributed by atoms with Gasteiger partial charge in [0.1, 0.15) is 5.75 Å². The molecular weight excluding hydrogens is 354 g/mol. The SMILES string of the molecule is CCc1ccc(NC(=S)NCC(c2ccccc2OC)N2CCCC2)cc1. The lowest BCUT2D eigenvalue weighted by molar-refractivity contribution is 0.240. The number of nitrogens with zero attached hydrogens (tertiary/aromatic N) is 1. The standard InChI is InChI=1S/C22H29N3OS/c1-3-17-10-12-18(13-11-17)24-22(27)23-16-20(25-14-6-7-15-25)19-8-4-5-9-21(19)26-2/h4-5,8-13,20H,3,6-7,14-16H2,1-2H3,(H2,23,24,27). The molecule has 144 valence electrons. The van der Waals surface area contributed by atoms with Gasteiger partial charge >= 0.3 is 0 Å². The van der Waals surface area contributed by atoms with Gasteiger partial charge in [-0.1, -0.05) is 37.3 Å². The molecule has 0 aromatic heterocycles. The van der Waals surface area contributed by atoms with Crippen molar-refractivity contribution in [1.82, 2.24) is 10.2 Å². The van der Waals surface area contributed by atoms with E-state index in [1.807, 2.05) is 12.1 Å². The van der Waals surface area contributed by atoms with Gasteiger partial charge in [0.15, 0.2) is 5.11 Å². The Morgan fingerprint density at radius 2 is 1.81 bits per heavy atom. The maximum atomic E-state index is 5.61. The summed E-state index contributed by atoms with van der Waals surface area (Å²) >= 11 is 5.53. The summed E-state index contributed by atoms with van der Waals surface area (Å²) in [6, 6.07) is 16.9. The molecular formula is C22H29N3OS. The molecule has 4 nitrogen and oxygen atoms in total. The number of methoxy groups -OCH3 is 1. The van der Waals surface area contributed by atoms with Crippen LogP contribution in [-0.4, -0.2) is 36.8 Å².